The van der Waals surface area contributed by atoms with Gasteiger partial charge >= 0.3 is 0 Å². The van der Waals surface area contributed by atoms with Gasteiger partial charge in [0.25, 0.3) is 0 Å². The van der Waals surface area contributed by atoms with Crippen molar-refractivity contribution < 1.29 is 13.6 Å². The van der Waals surface area contributed by atoms with E-state index in [1.165, 1.54) is 22.7 Å². The van der Waals surface area contributed by atoms with Gasteiger partial charge in [-0.15, -0.1) is 11.8 Å². The van der Waals surface area contributed by atoms with Gasteiger partial charge in [0.05, 0.1) is 15.8 Å². The minimum absolute atomic E-state index is 0.127. The van der Waals surface area contributed by atoms with Crippen molar-refractivity contribution >= 4 is 46.6 Å². The lowest BCUT2D eigenvalue weighted by atomic mass is 10.1. The molecule has 22 heavy (non-hydrogen) atoms. The van der Waals surface area contributed by atoms with Gasteiger partial charge in [-0.05, 0) is 35.9 Å². The molecular weight excluding hydrogens is 351 g/mol. The van der Waals surface area contributed by atoms with Gasteiger partial charge in [-0.25, -0.2) is 8.78 Å². The monoisotopic (exact) mass is 359 g/mol. The van der Waals surface area contributed by atoms with E-state index in [2.05, 4.69) is 0 Å². The third-order valence-corrected chi connectivity index (χ3v) is 5.23. The normalized spacial score (nSPS) is 18.1. The predicted octanol–water partition coefficient (Wildman–Crippen LogP) is 5.05. The van der Waals surface area contributed by atoms with E-state index in [4.69, 9.17) is 23.2 Å². The fourth-order valence-electron chi connectivity index (χ4n) is 2.25. The second-order valence-electron chi connectivity index (χ2n) is 4.70. The third kappa shape index (κ3) is 2.81. The summed E-state index contributed by atoms with van der Waals surface area (Å²) in [5, 5.41) is 0.279. The molecule has 1 fully saturated rings. The number of halogens is 4. The molecule has 1 amide bonds. The summed E-state index contributed by atoms with van der Waals surface area (Å²) >= 11 is 13.2. The first kappa shape index (κ1) is 15.6. The number of thioether (sulfide) groups is 1. The Hall–Kier alpha value is -1.30. The molecule has 7 heteroatoms. The molecule has 0 spiro atoms. The van der Waals surface area contributed by atoms with Gasteiger partial charge in [-0.2, -0.15) is 0 Å². The molecule has 2 aromatic rings. The second-order valence-corrected chi connectivity index (χ2v) is 6.58. The van der Waals surface area contributed by atoms with E-state index >= 15 is 0 Å². The Labute approximate surface area is 140 Å². The Balaban J connectivity index is 2.01. The maximum atomic E-state index is 13.5. The number of carbonyl (C=O) groups is 1. The van der Waals surface area contributed by atoms with Gasteiger partial charge in [0, 0.05) is 5.69 Å². The van der Waals surface area contributed by atoms with Crippen LogP contribution in [0.1, 0.15) is 10.9 Å². The zero-order valence-corrected chi connectivity index (χ0v) is 13.4. The first-order valence-corrected chi connectivity index (χ1v) is 8.11. The van der Waals surface area contributed by atoms with Crippen LogP contribution in [-0.2, 0) is 4.79 Å². The number of hydrogen-bond acceptors (Lipinski definition) is 2. The molecule has 1 aliphatic rings. The molecule has 0 bridgehead atoms. The van der Waals surface area contributed by atoms with Crippen LogP contribution in [0.5, 0.6) is 0 Å². The summed E-state index contributed by atoms with van der Waals surface area (Å²) in [6.07, 6.45) is 0. The molecular formula is C15H9Cl2F2NOS. The van der Waals surface area contributed by atoms with Crippen molar-refractivity contribution in [3.05, 3.63) is 63.6 Å². The predicted molar refractivity (Wildman–Crippen MR) is 85.5 cm³/mol. The Bertz CT molecular complexity index is 756. The molecule has 0 saturated carbocycles. The highest BCUT2D eigenvalue weighted by molar-refractivity contribution is 8.00. The Morgan fingerprint density at radius 3 is 2.50 bits per heavy atom. The summed E-state index contributed by atoms with van der Waals surface area (Å²) in [5.74, 6) is -1.73. The summed E-state index contributed by atoms with van der Waals surface area (Å²) in [5.41, 5.74) is 1.08. The molecule has 0 aromatic heterocycles. The number of nitrogens with zero attached hydrogens (tertiary/aromatic N) is 1. The average molecular weight is 360 g/mol. The minimum Gasteiger partial charge on any atom is -0.295 e. The first-order valence-electron chi connectivity index (χ1n) is 6.31. The highest BCUT2D eigenvalue weighted by Gasteiger charge is 2.34. The molecule has 1 aliphatic heterocycles. The molecule has 0 N–H and O–H groups in total. The summed E-state index contributed by atoms with van der Waals surface area (Å²) in [7, 11) is 0. The number of anilines is 1. The van der Waals surface area contributed by atoms with Gasteiger partial charge in [0.2, 0.25) is 5.91 Å². The summed E-state index contributed by atoms with van der Waals surface area (Å²) < 4.78 is 26.5. The number of carbonyl (C=O) groups excluding carboxylic acids is 1. The SMILES string of the molecule is O=C1CSC(c2ccc(F)c(F)c2)N1c1ccc(Cl)c(Cl)c1. The molecule has 3 rings (SSSR count). The molecule has 1 heterocycles. The van der Waals surface area contributed by atoms with Crippen LogP contribution in [-0.4, -0.2) is 11.7 Å². The van der Waals surface area contributed by atoms with Gasteiger partial charge in [-0.3, -0.25) is 9.69 Å². The first-order chi connectivity index (χ1) is 10.5. The largest absolute Gasteiger partial charge is 0.295 e. The molecule has 1 unspecified atom stereocenters. The van der Waals surface area contributed by atoms with Crippen LogP contribution >= 0.6 is 35.0 Å². The van der Waals surface area contributed by atoms with Crippen LogP contribution in [0.15, 0.2) is 36.4 Å². The van der Waals surface area contributed by atoms with Crippen molar-refractivity contribution in [1.29, 1.82) is 0 Å². The van der Waals surface area contributed by atoms with Crippen molar-refractivity contribution in [2.24, 2.45) is 0 Å². The molecule has 1 saturated heterocycles. The van der Waals surface area contributed by atoms with Gasteiger partial charge < -0.3 is 0 Å². The maximum Gasteiger partial charge on any atom is 0.238 e. The summed E-state index contributed by atoms with van der Waals surface area (Å²) in [4.78, 5) is 13.7. The van der Waals surface area contributed by atoms with Crippen LogP contribution in [0, 0.1) is 11.6 Å². The molecule has 1 atom stereocenters. The lowest BCUT2D eigenvalue weighted by Gasteiger charge is -2.24. The third-order valence-electron chi connectivity index (χ3n) is 3.28. The fourth-order valence-corrected chi connectivity index (χ4v) is 3.71. The van der Waals surface area contributed by atoms with Crippen LogP contribution < -0.4 is 4.90 Å². The smallest absolute Gasteiger partial charge is 0.238 e. The summed E-state index contributed by atoms with van der Waals surface area (Å²) in [6.45, 7) is 0. The Kier molecular flexibility index (Phi) is 4.30. The average Bonchev–Trinajstić information content (AvgIpc) is 2.87. The number of amides is 1. The second kappa shape index (κ2) is 6.07. The van der Waals surface area contributed by atoms with Crippen LogP contribution in [0.2, 0.25) is 10.0 Å². The lowest BCUT2D eigenvalue weighted by molar-refractivity contribution is -0.115. The van der Waals surface area contributed by atoms with E-state index < -0.39 is 17.0 Å². The molecule has 114 valence electrons. The van der Waals surface area contributed by atoms with Crippen molar-refractivity contribution in [3.63, 3.8) is 0 Å². The lowest BCUT2D eigenvalue weighted by Crippen LogP contribution is -2.27. The zero-order valence-electron chi connectivity index (χ0n) is 11.0. The van der Waals surface area contributed by atoms with E-state index in [1.807, 2.05) is 0 Å². The van der Waals surface area contributed by atoms with Crippen molar-refractivity contribution in [2.75, 3.05) is 10.7 Å². The number of benzene rings is 2. The topological polar surface area (TPSA) is 20.3 Å². The van der Waals surface area contributed by atoms with E-state index in [-0.39, 0.29) is 11.7 Å². The minimum atomic E-state index is -0.938. The number of rotatable bonds is 2. The molecule has 0 radical (unpaired) electrons. The quantitative estimate of drug-likeness (QED) is 0.747. The molecule has 2 aromatic carbocycles. The zero-order chi connectivity index (χ0) is 15.9. The van der Waals surface area contributed by atoms with Crippen molar-refractivity contribution in [1.82, 2.24) is 0 Å². The molecule has 2 nitrogen and oxygen atoms in total. The standard InChI is InChI=1S/C15H9Cl2F2NOS/c16-10-3-2-9(6-11(10)17)20-14(21)7-22-15(20)8-1-4-12(18)13(19)5-8/h1-6,15H,7H2. The van der Waals surface area contributed by atoms with Crippen LogP contribution in [0.3, 0.4) is 0 Å². The van der Waals surface area contributed by atoms with Gasteiger partial charge in [0.1, 0.15) is 5.37 Å². The van der Waals surface area contributed by atoms with E-state index in [9.17, 15) is 13.6 Å². The van der Waals surface area contributed by atoms with Crippen LogP contribution in [0.4, 0.5) is 14.5 Å². The number of hydrogen-bond donors (Lipinski definition) is 0. The highest BCUT2D eigenvalue weighted by atomic mass is 35.5. The van der Waals surface area contributed by atoms with Gasteiger partial charge in [0.15, 0.2) is 11.6 Å². The van der Waals surface area contributed by atoms with Crippen LogP contribution in [0.25, 0.3) is 0 Å². The van der Waals surface area contributed by atoms with Crippen molar-refractivity contribution in [2.45, 2.75) is 5.37 Å². The van der Waals surface area contributed by atoms with Crippen molar-refractivity contribution in [3.8, 4) is 0 Å². The van der Waals surface area contributed by atoms with E-state index in [0.29, 0.717) is 21.3 Å². The van der Waals surface area contributed by atoms with E-state index in [0.717, 1.165) is 12.1 Å². The van der Waals surface area contributed by atoms with Gasteiger partial charge in [-0.1, -0.05) is 29.3 Å². The summed E-state index contributed by atoms with van der Waals surface area (Å²) in [6, 6.07) is 8.49. The highest BCUT2D eigenvalue weighted by Crippen LogP contribution is 2.43. The van der Waals surface area contributed by atoms with E-state index in [1.54, 1.807) is 18.2 Å². The Morgan fingerprint density at radius 1 is 1.05 bits per heavy atom. The maximum absolute atomic E-state index is 13.5. The fraction of sp³-hybridized carbons (Fsp3) is 0.133. The Morgan fingerprint density at radius 2 is 1.82 bits per heavy atom. The molecule has 0 aliphatic carbocycles.